The van der Waals surface area contributed by atoms with Gasteiger partial charge in [0.2, 0.25) is 5.89 Å². The largest absolute Gasteiger partial charge is 0.493 e. The van der Waals surface area contributed by atoms with Gasteiger partial charge < -0.3 is 13.9 Å². The van der Waals surface area contributed by atoms with Gasteiger partial charge in [-0.25, -0.2) is 9.78 Å². The van der Waals surface area contributed by atoms with Crippen LogP contribution in [0.5, 0.6) is 11.5 Å². The molecule has 0 aliphatic carbocycles. The number of hydrogen-bond donors (Lipinski definition) is 2. The lowest BCUT2D eigenvalue weighted by Gasteiger charge is -2.10. The van der Waals surface area contributed by atoms with Gasteiger partial charge in [0.15, 0.2) is 17.1 Å². The fraction of sp³-hybridized carbons (Fsp3) is 0.0909. The minimum atomic E-state index is -0.660. The van der Waals surface area contributed by atoms with Crippen LogP contribution in [0.15, 0.2) is 70.2 Å². The van der Waals surface area contributed by atoms with Crippen molar-refractivity contribution in [2.75, 3.05) is 14.2 Å². The minimum Gasteiger partial charge on any atom is -0.493 e. The molecule has 32 heavy (non-hydrogen) atoms. The highest BCUT2D eigenvalue weighted by Gasteiger charge is 2.14. The number of pyridine rings is 1. The average Bonchev–Trinajstić information content (AvgIpc) is 3.26. The van der Waals surface area contributed by atoms with E-state index in [1.807, 2.05) is 12.1 Å². The van der Waals surface area contributed by atoms with E-state index in [0.29, 0.717) is 28.5 Å². The summed E-state index contributed by atoms with van der Waals surface area (Å²) in [6.45, 7) is 0. The van der Waals surface area contributed by atoms with Gasteiger partial charge >= 0.3 is 6.03 Å². The molecule has 0 spiro atoms. The van der Waals surface area contributed by atoms with Crippen LogP contribution in [0.25, 0.3) is 22.6 Å². The lowest BCUT2D eigenvalue weighted by Crippen LogP contribution is -2.36. The Hall–Kier alpha value is -4.05. The van der Waals surface area contributed by atoms with Crippen LogP contribution in [0.4, 0.5) is 4.79 Å². The second-order valence-electron chi connectivity index (χ2n) is 6.44. The van der Waals surface area contributed by atoms with Crippen molar-refractivity contribution in [1.29, 1.82) is 0 Å². The summed E-state index contributed by atoms with van der Waals surface area (Å²) in [5, 5.41) is 2.27. The highest BCUT2D eigenvalue weighted by molar-refractivity contribution is 7.98. The first-order valence-electron chi connectivity index (χ1n) is 9.38. The van der Waals surface area contributed by atoms with Gasteiger partial charge in [-0.15, -0.1) is 0 Å². The van der Waals surface area contributed by atoms with E-state index < -0.39 is 11.9 Å². The van der Waals surface area contributed by atoms with Crippen molar-refractivity contribution < 1.29 is 23.5 Å². The SMILES string of the molecule is COc1ccc(C(=O)NC(=O)NSc2ccc3oc(-c4ccncc4)nc3c2)cc1OC. The summed E-state index contributed by atoms with van der Waals surface area (Å²) in [5.41, 5.74) is 2.34. The van der Waals surface area contributed by atoms with Gasteiger partial charge in [-0.2, -0.15) is 0 Å². The fourth-order valence-corrected chi connectivity index (χ4v) is 3.44. The third kappa shape index (κ3) is 4.65. The monoisotopic (exact) mass is 450 g/mol. The molecule has 0 aliphatic rings. The topological polar surface area (TPSA) is 116 Å². The summed E-state index contributed by atoms with van der Waals surface area (Å²) in [4.78, 5) is 33.7. The standard InChI is InChI=1S/C22H18N4O5S/c1-29-18-5-3-14(11-19(18)30-2)20(27)25-22(28)26-32-15-4-6-17-16(12-15)24-21(31-17)13-7-9-23-10-8-13/h3-12H,1-2H3,(H2,25,26,27,28). The summed E-state index contributed by atoms with van der Waals surface area (Å²) < 4.78 is 18.7. The van der Waals surface area contributed by atoms with Crippen molar-refractivity contribution in [2.24, 2.45) is 0 Å². The number of methoxy groups -OCH3 is 2. The van der Waals surface area contributed by atoms with Crippen LogP contribution in [0.2, 0.25) is 0 Å². The van der Waals surface area contributed by atoms with Crippen LogP contribution in [0, 0.1) is 0 Å². The Balaban J connectivity index is 1.39. The van der Waals surface area contributed by atoms with Crippen molar-refractivity contribution in [1.82, 2.24) is 20.0 Å². The number of ether oxygens (including phenoxy) is 2. The van der Waals surface area contributed by atoms with E-state index in [-0.39, 0.29) is 5.56 Å². The van der Waals surface area contributed by atoms with Gasteiger partial charge in [0, 0.05) is 28.4 Å². The molecular weight excluding hydrogens is 432 g/mol. The second kappa shape index (κ2) is 9.40. The maximum Gasteiger partial charge on any atom is 0.331 e. The van der Waals surface area contributed by atoms with Gasteiger partial charge in [-0.3, -0.25) is 19.8 Å². The molecule has 2 aromatic heterocycles. The smallest absolute Gasteiger partial charge is 0.331 e. The number of oxazole rings is 1. The van der Waals surface area contributed by atoms with Crippen LogP contribution in [-0.4, -0.2) is 36.1 Å². The van der Waals surface area contributed by atoms with Crippen LogP contribution < -0.4 is 19.5 Å². The number of fused-ring (bicyclic) bond motifs is 1. The first kappa shape index (κ1) is 21.2. The summed E-state index contributed by atoms with van der Waals surface area (Å²) in [5.74, 6) is 0.787. The zero-order valence-corrected chi connectivity index (χ0v) is 17.9. The number of nitrogens with zero attached hydrogens (tertiary/aromatic N) is 2. The van der Waals surface area contributed by atoms with Crippen LogP contribution in [0.1, 0.15) is 10.4 Å². The summed E-state index contributed by atoms with van der Waals surface area (Å²) >= 11 is 1.05. The predicted octanol–water partition coefficient (Wildman–Crippen LogP) is 4.05. The molecule has 4 rings (SSSR count). The van der Waals surface area contributed by atoms with Gasteiger partial charge in [0.05, 0.1) is 14.2 Å². The number of aromatic nitrogens is 2. The number of amides is 3. The quantitative estimate of drug-likeness (QED) is 0.423. The number of rotatable bonds is 6. The zero-order chi connectivity index (χ0) is 22.5. The van der Waals surface area contributed by atoms with Gasteiger partial charge in [-0.05, 0) is 60.5 Å². The summed E-state index contributed by atoms with van der Waals surface area (Å²) in [7, 11) is 2.97. The third-order valence-corrected chi connectivity index (χ3v) is 5.20. The van der Waals surface area contributed by atoms with Crippen molar-refractivity contribution in [3.8, 4) is 23.0 Å². The molecule has 9 nitrogen and oxygen atoms in total. The van der Waals surface area contributed by atoms with E-state index in [4.69, 9.17) is 13.9 Å². The Morgan fingerprint density at radius 2 is 1.75 bits per heavy atom. The summed E-state index contributed by atoms with van der Waals surface area (Å²) in [6, 6.07) is 12.9. The van der Waals surface area contributed by atoms with Crippen molar-refractivity contribution in [3.63, 3.8) is 0 Å². The van der Waals surface area contributed by atoms with Crippen LogP contribution in [-0.2, 0) is 0 Å². The molecule has 2 aromatic carbocycles. The molecule has 2 N–H and O–H groups in total. The van der Waals surface area contributed by atoms with Gasteiger partial charge in [0.1, 0.15) is 5.52 Å². The Bertz CT molecular complexity index is 1280. The fourth-order valence-electron chi connectivity index (χ4n) is 2.87. The van der Waals surface area contributed by atoms with E-state index in [1.54, 1.807) is 36.7 Å². The molecule has 3 amide bonds. The van der Waals surface area contributed by atoms with Gasteiger partial charge in [0.25, 0.3) is 5.91 Å². The van der Waals surface area contributed by atoms with E-state index in [0.717, 1.165) is 22.4 Å². The maximum absolute atomic E-state index is 12.3. The number of urea groups is 1. The van der Waals surface area contributed by atoms with Crippen LogP contribution >= 0.6 is 11.9 Å². The first-order valence-corrected chi connectivity index (χ1v) is 10.2. The Kier molecular flexibility index (Phi) is 6.22. The number of nitrogens with one attached hydrogen (secondary N) is 2. The maximum atomic E-state index is 12.3. The van der Waals surface area contributed by atoms with E-state index in [9.17, 15) is 9.59 Å². The van der Waals surface area contributed by atoms with Crippen molar-refractivity contribution in [3.05, 3.63) is 66.5 Å². The summed E-state index contributed by atoms with van der Waals surface area (Å²) in [6.07, 6.45) is 3.33. The minimum absolute atomic E-state index is 0.260. The molecule has 0 radical (unpaired) electrons. The molecule has 2 heterocycles. The number of carbonyl (C=O) groups excluding carboxylic acids is 2. The molecular formula is C22H18N4O5S. The Labute approximate surface area is 187 Å². The second-order valence-corrected chi connectivity index (χ2v) is 7.32. The molecule has 0 unspecified atom stereocenters. The lowest BCUT2D eigenvalue weighted by molar-refractivity contribution is 0.0965. The molecule has 0 bridgehead atoms. The number of imide groups is 1. The molecule has 162 valence electrons. The number of carbonyl (C=O) groups is 2. The number of hydrogen-bond acceptors (Lipinski definition) is 8. The highest BCUT2D eigenvalue weighted by atomic mass is 32.2. The molecule has 0 atom stereocenters. The van der Waals surface area contributed by atoms with Crippen LogP contribution in [0.3, 0.4) is 0 Å². The Morgan fingerprint density at radius 1 is 0.969 bits per heavy atom. The average molecular weight is 450 g/mol. The molecule has 0 fully saturated rings. The van der Waals surface area contributed by atoms with Crippen molar-refractivity contribution in [2.45, 2.75) is 4.90 Å². The zero-order valence-electron chi connectivity index (χ0n) is 17.1. The molecule has 0 saturated heterocycles. The number of benzene rings is 2. The molecule has 0 saturated carbocycles. The van der Waals surface area contributed by atoms with E-state index in [1.165, 1.54) is 26.4 Å². The van der Waals surface area contributed by atoms with Gasteiger partial charge in [-0.1, -0.05) is 0 Å². The molecule has 4 aromatic rings. The highest BCUT2D eigenvalue weighted by Crippen LogP contribution is 2.28. The van der Waals surface area contributed by atoms with E-state index in [2.05, 4.69) is 20.0 Å². The lowest BCUT2D eigenvalue weighted by atomic mass is 10.2. The Morgan fingerprint density at radius 3 is 2.50 bits per heavy atom. The predicted molar refractivity (Wildman–Crippen MR) is 119 cm³/mol. The molecule has 10 heteroatoms. The third-order valence-electron chi connectivity index (χ3n) is 4.42. The normalized spacial score (nSPS) is 10.6. The van der Waals surface area contributed by atoms with E-state index >= 15 is 0 Å². The molecule has 0 aliphatic heterocycles. The first-order chi connectivity index (χ1) is 15.6. The van der Waals surface area contributed by atoms with Crippen molar-refractivity contribution >= 4 is 35.0 Å².